The molecule has 0 saturated heterocycles. The summed E-state index contributed by atoms with van der Waals surface area (Å²) in [6.45, 7) is 11.8. The van der Waals surface area contributed by atoms with E-state index in [2.05, 4.69) is 45.7 Å². The maximum absolute atomic E-state index is 8.69. The molecule has 0 atom stereocenters. The summed E-state index contributed by atoms with van der Waals surface area (Å²) in [4.78, 5) is 4.11. The van der Waals surface area contributed by atoms with Crippen LogP contribution in [0, 0.1) is 5.41 Å². The Labute approximate surface area is 124 Å². The van der Waals surface area contributed by atoms with Gasteiger partial charge in [-0.25, -0.2) is 0 Å². The highest BCUT2D eigenvalue weighted by Gasteiger charge is 2.26. The Morgan fingerprint density at radius 2 is 2.00 bits per heavy atom. The summed E-state index contributed by atoms with van der Waals surface area (Å²) in [5.74, 6) is 0. The molecule has 2 nitrogen and oxygen atoms in total. The number of nitrogens with zero attached hydrogens (tertiary/aromatic N) is 1. The smallest absolute Gasteiger partial charge is 0.0626 e. The maximum Gasteiger partial charge on any atom is 0.0626 e. The van der Waals surface area contributed by atoms with E-state index in [1.54, 1.807) is 6.21 Å². The highest BCUT2D eigenvalue weighted by Crippen LogP contribution is 2.41. The lowest BCUT2D eigenvalue weighted by Crippen LogP contribution is -2.19. The lowest BCUT2D eigenvalue weighted by Gasteiger charge is -2.33. The zero-order valence-corrected chi connectivity index (χ0v) is 13.7. The summed E-state index contributed by atoms with van der Waals surface area (Å²) < 4.78 is 0. The highest BCUT2D eigenvalue weighted by molar-refractivity contribution is 5.73. The largest absolute Gasteiger partial charge is 0.394 e. The number of allylic oxidation sites excluding steroid dienone is 6. The molecule has 1 aliphatic carbocycles. The van der Waals surface area contributed by atoms with E-state index in [-0.39, 0.29) is 12.0 Å². The first-order valence-corrected chi connectivity index (χ1v) is 7.55. The Kier molecular flexibility index (Phi) is 6.41. The molecule has 0 radical (unpaired) electrons. The number of aliphatic hydroxyl groups is 1. The summed E-state index contributed by atoms with van der Waals surface area (Å²) in [7, 11) is 0. The molecule has 0 heterocycles. The molecular weight excluding hydrogens is 246 g/mol. The van der Waals surface area contributed by atoms with Crippen molar-refractivity contribution in [2.45, 2.75) is 53.9 Å². The molecule has 0 spiro atoms. The molecule has 1 rings (SSSR count). The molecule has 20 heavy (non-hydrogen) atoms. The van der Waals surface area contributed by atoms with Gasteiger partial charge >= 0.3 is 0 Å². The van der Waals surface area contributed by atoms with Gasteiger partial charge in [0.25, 0.3) is 0 Å². The second-order valence-corrected chi connectivity index (χ2v) is 6.39. The van der Waals surface area contributed by atoms with Gasteiger partial charge in [-0.3, -0.25) is 4.99 Å². The molecule has 112 valence electrons. The van der Waals surface area contributed by atoms with Crippen molar-refractivity contribution in [2.24, 2.45) is 10.4 Å². The molecule has 2 heteroatoms. The molecule has 1 aliphatic rings. The van der Waals surface area contributed by atoms with Gasteiger partial charge in [-0.1, -0.05) is 25.5 Å². The minimum absolute atomic E-state index is 0.110. The van der Waals surface area contributed by atoms with Crippen LogP contribution in [0.3, 0.4) is 0 Å². The fourth-order valence-electron chi connectivity index (χ4n) is 2.72. The Morgan fingerprint density at radius 1 is 1.30 bits per heavy atom. The van der Waals surface area contributed by atoms with Gasteiger partial charge in [-0.15, -0.1) is 0 Å². The van der Waals surface area contributed by atoms with E-state index in [9.17, 15) is 0 Å². The Morgan fingerprint density at radius 3 is 2.60 bits per heavy atom. The van der Waals surface area contributed by atoms with Crippen molar-refractivity contribution in [1.29, 1.82) is 0 Å². The van der Waals surface area contributed by atoms with Gasteiger partial charge in [-0.05, 0) is 68.2 Å². The summed E-state index contributed by atoms with van der Waals surface area (Å²) >= 11 is 0. The third-order valence-electron chi connectivity index (χ3n) is 4.18. The van der Waals surface area contributed by atoms with Gasteiger partial charge in [0.1, 0.15) is 0 Å². The van der Waals surface area contributed by atoms with Crippen molar-refractivity contribution >= 4 is 6.21 Å². The zero-order chi connectivity index (χ0) is 15.2. The summed E-state index contributed by atoms with van der Waals surface area (Å²) in [6.07, 6.45) is 9.95. The number of aliphatic imine (C=N–C) groups is 1. The number of aliphatic hydroxyl groups excluding tert-OH is 1. The summed E-state index contributed by atoms with van der Waals surface area (Å²) in [5, 5.41) is 8.69. The van der Waals surface area contributed by atoms with Crippen LogP contribution in [0.1, 0.15) is 53.9 Å². The van der Waals surface area contributed by atoms with Crippen LogP contribution in [-0.4, -0.2) is 24.5 Å². The van der Waals surface area contributed by atoms with Crippen LogP contribution in [0.2, 0.25) is 0 Å². The van der Waals surface area contributed by atoms with Crippen LogP contribution in [0.4, 0.5) is 0 Å². The molecular formula is C18H29NO. The minimum atomic E-state index is 0.110. The fourth-order valence-corrected chi connectivity index (χ4v) is 2.72. The fraction of sp³-hybridized carbons (Fsp3) is 0.611. The van der Waals surface area contributed by atoms with Crippen molar-refractivity contribution in [2.75, 3.05) is 13.2 Å². The molecule has 0 bridgehead atoms. The molecule has 0 unspecified atom stereocenters. The van der Waals surface area contributed by atoms with E-state index in [0.29, 0.717) is 6.54 Å². The van der Waals surface area contributed by atoms with E-state index >= 15 is 0 Å². The normalized spacial score (nSPS) is 20.9. The standard InChI is InChI=1S/C18H29NO/c1-14(8-10-19-11-12-20)16(3)13-17-15(2)7-6-9-18(17,4)5/h8,10,13,20H,6-7,9,11-12H2,1-5H3/b14-8+,16-13+,19-10+. The molecule has 0 aromatic heterocycles. The lowest BCUT2D eigenvalue weighted by atomic mass is 9.72. The van der Waals surface area contributed by atoms with Crippen LogP contribution in [0.15, 0.2) is 39.4 Å². The molecule has 0 aromatic carbocycles. The van der Waals surface area contributed by atoms with E-state index in [4.69, 9.17) is 5.11 Å². The van der Waals surface area contributed by atoms with Gasteiger partial charge < -0.3 is 5.11 Å². The SMILES string of the molecule is CC1=C(/C=C(C)/C(C)=C/C=N/CCO)C(C)(C)CCC1. The molecule has 0 saturated carbocycles. The van der Waals surface area contributed by atoms with Crippen molar-refractivity contribution in [3.8, 4) is 0 Å². The topological polar surface area (TPSA) is 32.6 Å². The third kappa shape index (κ3) is 4.75. The van der Waals surface area contributed by atoms with Gasteiger partial charge in [0, 0.05) is 6.21 Å². The lowest BCUT2D eigenvalue weighted by molar-refractivity contribution is 0.307. The van der Waals surface area contributed by atoms with Crippen LogP contribution in [-0.2, 0) is 0 Å². The Balaban J connectivity index is 2.92. The van der Waals surface area contributed by atoms with Gasteiger partial charge in [0.05, 0.1) is 13.2 Å². The van der Waals surface area contributed by atoms with Crippen LogP contribution in [0.5, 0.6) is 0 Å². The Hall–Kier alpha value is -1.15. The van der Waals surface area contributed by atoms with E-state index in [1.165, 1.54) is 41.6 Å². The number of hydrogen-bond donors (Lipinski definition) is 1. The monoisotopic (exact) mass is 275 g/mol. The molecule has 0 fully saturated rings. The van der Waals surface area contributed by atoms with Crippen LogP contribution >= 0.6 is 0 Å². The zero-order valence-electron chi connectivity index (χ0n) is 13.7. The highest BCUT2D eigenvalue weighted by atomic mass is 16.3. The van der Waals surface area contributed by atoms with Crippen molar-refractivity contribution in [3.05, 3.63) is 34.4 Å². The number of rotatable bonds is 5. The molecule has 0 amide bonds. The Bertz CT molecular complexity index is 450. The first kappa shape index (κ1) is 16.9. The van der Waals surface area contributed by atoms with Crippen molar-refractivity contribution in [3.63, 3.8) is 0 Å². The van der Waals surface area contributed by atoms with Crippen molar-refractivity contribution < 1.29 is 5.11 Å². The quantitative estimate of drug-likeness (QED) is 0.583. The first-order chi connectivity index (χ1) is 9.38. The van der Waals surface area contributed by atoms with Crippen LogP contribution < -0.4 is 0 Å². The van der Waals surface area contributed by atoms with E-state index < -0.39 is 0 Å². The number of hydrogen-bond acceptors (Lipinski definition) is 2. The van der Waals surface area contributed by atoms with Gasteiger partial charge in [0.15, 0.2) is 0 Å². The molecule has 0 aromatic rings. The second kappa shape index (κ2) is 7.58. The van der Waals surface area contributed by atoms with Gasteiger partial charge in [0.2, 0.25) is 0 Å². The molecule has 1 N–H and O–H groups in total. The van der Waals surface area contributed by atoms with Crippen molar-refractivity contribution in [1.82, 2.24) is 0 Å². The predicted octanol–water partition coefficient (Wildman–Crippen LogP) is 4.47. The molecule has 0 aliphatic heterocycles. The average molecular weight is 275 g/mol. The van der Waals surface area contributed by atoms with Gasteiger partial charge in [-0.2, -0.15) is 0 Å². The summed E-state index contributed by atoms with van der Waals surface area (Å²) in [5.41, 5.74) is 5.84. The second-order valence-electron chi connectivity index (χ2n) is 6.39. The maximum atomic E-state index is 8.69. The van der Waals surface area contributed by atoms with Crippen LogP contribution in [0.25, 0.3) is 0 Å². The van der Waals surface area contributed by atoms with E-state index in [1.807, 2.05) is 6.08 Å². The predicted molar refractivity (Wildman–Crippen MR) is 88.3 cm³/mol. The third-order valence-corrected chi connectivity index (χ3v) is 4.18. The summed E-state index contributed by atoms with van der Waals surface area (Å²) in [6, 6.07) is 0. The average Bonchev–Trinajstić information content (AvgIpc) is 2.38. The minimum Gasteiger partial charge on any atom is -0.394 e. The van der Waals surface area contributed by atoms with E-state index in [0.717, 1.165) is 0 Å². The first-order valence-electron chi connectivity index (χ1n) is 7.55.